The summed E-state index contributed by atoms with van der Waals surface area (Å²) >= 11 is 0. The third-order valence-corrected chi connectivity index (χ3v) is 3.61. The van der Waals surface area contributed by atoms with Crippen LogP contribution in [0.5, 0.6) is 0 Å². The van der Waals surface area contributed by atoms with E-state index < -0.39 is 5.60 Å². The lowest BCUT2D eigenvalue weighted by atomic mass is 10.1. The third kappa shape index (κ3) is 4.77. The lowest BCUT2D eigenvalue weighted by Gasteiger charge is -2.27. The van der Waals surface area contributed by atoms with Crippen molar-refractivity contribution >= 4 is 11.7 Å². The summed E-state index contributed by atoms with van der Waals surface area (Å²) < 4.78 is 5.43. The molecule has 2 rings (SSSR count). The predicted octanol–water partition coefficient (Wildman–Crippen LogP) is 3.42. The second kappa shape index (κ2) is 6.39. The van der Waals surface area contributed by atoms with Gasteiger partial charge in [-0.1, -0.05) is 0 Å². The van der Waals surface area contributed by atoms with E-state index in [1.165, 1.54) is 12.8 Å². The fourth-order valence-corrected chi connectivity index (χ4v) is 2.37. The zero-order valence-corrected chi connectivity index (χ0v) is 13.8. The summed E-state index contributed by atoms with van der Waals surface area (Å²) in [6.07, 6.45) is 2.44. The normalized spacial score (nSPS) is 14.3. The van der Waals surface area contributed by atoms with Crippen LogP contribution >= 0.6 is 0 Å². The van der Waals surface area contributed by atoms with Crippen molar-refractivity contribution < 1.29 is 9.53 Å². The fraction of sp³-hybridized carbons (Fsp3) is 0.556. The molecule has 0 aliphatic heterocycles. The number of nitriles is 1. The number of esters is 1. The molecule has 1 aliphatic rings. The van der Waals surface area contributed by atoms with E-state index in [2.05, 4.69) is 11.0 Å². The van der Waals surface area contributed by atoms with E-state index in [4.69, 9.17) is 10.00 Å². The molecule has 118 valence electrons. The van der Waals surface area contributed by atoms with E-state index >= 15 is 0 Å². The molecule has 1 aromatic carbocycles. The third-order valence-electron chi connectivity index (χ3n) is 3.61. The smallest absolute Gasteiger partial charge is 0.326 e. The van der Waals surface area contributed by atoms with Gasteiger partial charge in [-0.3, -0.25) is 4.79 Å². The van der Waals surface area contributed by atoms with Crippen molar-refractivity contribution in [3.63, 3.8) is 0 Å². The number of benzene rings is 1. The van der Waals surface area contributed by atoms with Gasteiger partial charge in [0, 0.05) is 12.2 Å². The summed E-state index contributed by atoms with van der Waals surface area (Å²) in [6.45, 7) is 8.67. The Hall–Kier alpha value is -2.02. The number of nitrogens with zero attached hydrogens (tertiary/aromatic N) is 2. The van der Waals surface area contributed by atoms with Gasteiger partial charge in [-0.2, -0.15) is 5.26 Å². The lowest BCUT2D eigenvalue weighted by molar-refractivity contribution is -0.153. The number of rotatable bonds is 5. The van der Waals surface area contributed by atoms with Crippen molar-refractivity contribution in [1.29, 1.82) is 5.26 Å². The monoisotopic (exact) mass is 300 g/mol. The Morgan fingerprint density at radius 3 is 2.59 bits per heavy atom. The van der Waals surface area contributed by atoms with Crippen LogP contribution in [0.3, 0.4) is 0 Å². The molecule has 0 spiro atoms. The number of ether oxygens (including phenoxy) is 1. The maximum absolute atomic E-state index is 12.1. The Kier molecular flexibility index (Phi) is 4.75. The number of hydrogen-bond acceptors (Lipinski definition) is 4. The molecule has 1 aliphatic carbocycles. The van der Waals surface area contributed by atoms with E-state index in [-0.39, 0.29) is 12.5 Å². The number of hydrogen-bond donors (Lipinski definition) is 0. The maximum Gasteiger partial charge on any atom is 0.326 e. The summed E-state index contributed by atoms with van der Waals surface area (Å²) in [7, 11) is 0. The van der Waals surface area contributed by atoms with Gasteiger partial charge in [0.2, 0.25) is 0 Å². The topological polar surface area (TPSA) is 53.3 Å². The summed E-state index contributed by atoms with van der Waals surface area (Å²) in [6, 6.07) is 7.89. The standard InChI is InChI=1S/C18H24N2O2/c1-13-9-16(8-7-15(13)10-19)20(11-14-5-6-14)12-17(21)22-18(2,3)4/h7-9,14H,5-6,11-12H2,1-4H3. The zero-order chi connectivity index (χ0) is 16.3. The first-order valence-corrected chi connectivity index (χ1v) is 7.76. The van der Waals surface area contributed by atoms with Crippen molar-refractivity contribution in [2.24, 2.45) is 5.92 Å². The minimum Gasteiger partial charge on any atom is -0.459 e. The Morgan fingerprint density at radius 1 is 1.41 bits per heavy atom. The van der Waals surface area contributed by atoms with E-state index in [0.29, 0.717) is 11.5 Å². The number of carbonyl (C=O) groups is 1. The number of anilines is 1. The van der Waals surface area contributed by atoms with E-state index in [1.54, 1.807) is 0 Å². The van der Waals surface area contributed by atoms with Gasteiger partial charge in [-0.25, -0.2) is 0 Å². The van der Waals surface area contributed by atoms with E-state index in [9.17, 15) is 4.79 Å². The summed E-state index contributed by atoms with van der Waals surface area (Å²) in [5.74, 6) is 0.452. The van der Waals surface area contributed by atoms with Crippen LogP contribution in [0.1, 0.15) is 44.7 Å². The Bertz CT molecular complexity index is 592. The first-order chi connectivity index (χ1) is 10.3. The molecule has 0 radical (unpaired) electrons. The molecule has 0 atom stereocenters. The average molecular weight is 300 g/mol. The van der Waals surface area contributed by atoms with Gasteiger partial charge in [0.15, 0.2) is 0 Å². The molecule has 0 N–H and O–H groups in total. The van der Waals surface area contributed by atoms with Gasteiger partial charge < -0.3 is 9.64 Å². The molecule has 0 bridgehead atoms. The van der Waals surface area contributed by atoms with Crippen molar-refractivity contribution in [2.45, 2.75) is 46.1 Å². The van der Waals surface area contributed by atoms with Crippen molar-refractivity contribution in [3.05, 3.63) is 29.3 Å². The summed E-state index contributed by atoms with van der Waals surface area (Å²) in [5, 5.41) is 9.04. The highest BCUT2D eigenvalue weighted by Crippen LogP contribution is 2.32. The van der Waals surface area contributed by atoms with Crippen molar-refractivity contribution in [3.8, 4) is 6.07 Å². The molecule has 4 nitrogen and oxygen atoms in total. The minimum absolute atomic E-state index is 0.213. The highest BCUT2D eigenvalue weighted by atomic mass is 16.6. The average Bonchev–Trinajstić information content (AvgIpc) is 3.19. The second-order valence-electron chi connectivity index (χ2n) is 7.02. The second-order valence-corrected chi connectivity index (χ2v) is 7.02. The molecule has 0 amide bonds. The number of carbonyl (C=O) groups excluding carboxylic acids is 1. The van der Waals surface area contributed by atoms with Crippen LogP contribution in [0, 0.1) is 24.2 Å². The van der Waals surface area contributed by atoms with Crippen LogP contribution < -0.4 is 4.90 Å². The molecule has 1 fully saturated rings. The molecular weight excluding hydrogens is 276 g/mol. The molecule has 0 saturated heterocycles. The van der Waals surface area contributed by atoms with Crippen LogP contribution in [0.4, 0.5) is 5.69 Å². The van der Waals surface area contributed by atoms with Gasteiger partial charge in [-0.15, -0.1) is 0 Å². The molecule has 4 heteroatoms. The van der Waals surface area contributed by atoms with E-state index in [1.807, 2.05) is 45.9 Å². The van der Waals surface area contributed by atoms with Gasteiger partial charge in [0.25, 0.3) is 0 Å². The van der Waals surface area contributed by atoms with Gasteiger partial charge in [0.05, 0.1) is 11.6 Å². The van der Waals surface area contributed by atoms with E-state index in [0.717, 1.165) is 17.8 Å². The van der Waals surface area contributed by atoms with Crippen molar-refractivity contribution in [2.75, 3.05) is 18.0 Å². The molecule has 22 heavy (non-hydrogen) atoms. The Labute approximate surface area is 132 Å². The summed E-state index contributed by atoms with van der Waals surface area (Å²) in [5.41, 5.74) is 2.12. The van der Waals surface area contributed by atoms with Crippen LogP contribution in [0.25, 0.3) is 0 Å². The lowest BCUT2D eigenvalue weighted by Crippen LogP contribution is -2.36. The van der Waals surface area contributed by atoms with Gasteiger partial charge >= 0.3 is 5.97 Å². The van der Waals surface area contributed by atoms with Crippen LogP contribution in [0.15, 0.2) is 18.2 Å². The maximum atomic E-state index is 12.1. The quantitative estimate of drug-likeness (QED) is 0.782. The molecule has 1 aromatic rings. The Morgan fingerprint density at radius 2 is 2.09 bits per heavy atom. The van der Waals surface area contributed by atoms with Crippen molar-refractivity contribution in [1.82, 2.24) is 0 Å². The van der Waals surface area contributed by atoms with Crippen LogP contribution in [0.2, 0.25) is 0 Å². The first kappa shape index (κ1) is 16.4. The van der Waals surface area contributed by atoms with Gasteiger partial charge in [-0.05, 0) is 70.2 Å². The Balaban J connectivity index is 2.13. The molecule has 0 aromatic heterocycles. The minimum atomic E-state index is -0.469. The highest BCUT2D eigenvalue weighted by molar-refractivity contribution is 5.76. The van der Waals surface area contributed by atoms with Crippen LogP contribution in [-0.2, 0) is 9.53 Å². The largest absolute Gasteiger partial charge is 0.459 e. The van der Waals surface area contributed by atoms with Crippen LogP contribution in [-0.4, -0.2) is 24.7 Å². The number of aryl methyl sites for hydroxylation is 1. The predicted molar refractivity (Wildman–Crippen MR) is 86.7 cm³/mol. The molecule has 0 heterocycles. The summed E-state index contributed by atoms with van der Waals surface area (Å²) in [4.78, 5) is 14.2. The van der Waals surface area contributed by atoms with Gasteiger partial charge in [0.1, 0.15) is 12.1 Å². The molecule has 0 unspecified atom stereocenters. The SMILES string of the molecule is Cc1cc(N(CC(=O)OC(C)(C)C)CC2CC2)ccc1C#N. The molecular formula is C18H24N2O2. The molecule has 1 saturated carbocycles. The highest BCUT2D eigenvalue weighted by Gasteiger charge is 2.27. The zero-order valence-electron chi connectivity index (χ0n) is 13.8. The fourth-order valence-electron chi connectivity index (χ4n) is 2.37. The first-order valence-electron chi connectivity index (χ1n) is 7.76.